The molecule has 0 aliphatic carbocycles. The molecule has 0 saturated heterocycles. The van der Waals surface area contributed by atoms with Crippen molar-refractivity contribution in [1.82, 2.24) is 4.90 Å². The van der Waals surface area contributed by atoms with Gasteiger partial charge in [-0.05, 0) is 26.2 Å². The maximum atomic E-state index is 10.1. The molecule has 0 spiro atoms. The van der Waals surface area contributed by atoms with Crippen LogP contribution >= 0.6 is 0 Å². The molecular weight excluding hydrogens is 188 g/mol. The zero-order valence-electron chi connectivity index (χ0n) is 9.43. The number of aliphatic hydroxyl groups is 1. The molecule has 1 rings (SSSR count). The van der Waals surface area contributed by atoms with Gasteiger partial charge in [0.25, 0.3) is 0 Å². The van der Waals surface area contributed by atoms with Crippen LogP contribution in [0.5, 0.6) is 0 Å². The van der Waals surface area contributed by atoms with Crippen molar-refractivity contribution in [2.75, 3.05) is 27.2 Å². The first-order valence-electron chi connectivity index (χ1n) is 5.23. The highest BCUT2D eigenvalue weighted by Crippen LogP contribution is 2.21. The lowest BCUT2D eigenvalue weighted by atomic mass is 9.95. The van der Waals surface area contributed by atoms with E-state index in [0.717, 1.165) is 12.1 Å². The largest absolute Gasteiger partial charge is 0.388 e. The molecule has 0 aliphatic rings. The third-order valence-corrected chi connectivity index (χ3v) is 2.49. The lowest BCUT2D eigenvalue weighted by Gasteiger charge is -2.24. The molecule has 0 amide bonds. The van der Waals surface area contributed by atoms with Crippen molar-refractivity contribution in [1.29, 1.82) is 0 Å². The second-order valence-corrected chi connectivity index (χ2v) is 4.11. The van der Waals surface area contributed by atoms with Gasteiger partial charge < -0.3 is 15.7 Å². The van der Waals surface area contributed by atoms with E-state index in [9.17, 15) is 5.11 Å². The number of hydrogen-bond acceptors (Lipinski definition) is 3. The fraction of sp³-hybridized carbons (Fsp3) is 0.500. The summed E-state index contributed by atoms with van der Waals surface area (Å²) in [5.41, 5.74) is 6.61. The van der Waals surface area contributed by atoms with E-state index >= 15 is 0 Å². The molecular formula is C12H20N2O. The van der Waals surface area contributed by atoms with Gasteiger partial charge >= 0.3 is 0 Å². The minimum absolute atomic E-state index is 0.0856. The van der Waals surface area contributed by atoms with Crippen molar-refractivity contribution >= 4 is 0 Å². The second-order valence-electron chi connectivity index (χ2n) is 4.11. The first-order chi connectivity index (χ1) is 7.15. The Morgan fingerprint density at radius 3 is 2.33 bits per heavy atom. The zero-order valence-corrected chi connectivity index (χ0v) is 9.43. The van der Waals surface area contributed by atoms with E-state index in [1.807, 2.05) is 49.3 Å². The average molecular weight is 208 g/mol. The molecule has 0 heterocycles. The molecule has 84 valence electrons. The number of hydrogen-bond donors (Lipinski definition) is 2. The third-order valence-electron chi connectivity index (χ3n) is 2.49. The maximum Gasteiger partial charge on any atom is 0.0842 e. The SMILES string of the molecule is CN(C)CC(CN)C(O)c1ccccc1. The molecule has 1 aromatic carbocycles. The lowest BCUT2D eigenvalue weighted by molar-refractivity contribution is 0.0947. The summed E-state index contributed by atoms with van der Waals surface area (Å²) in [7, 11) is 3.97. The Labute approximate surface area is 91.5 Å². The highest BCUT2D eigenvalue weighted by Gasteiger charge is 2.19. The number of rotatable bonds is 5. The molecule has 0 aromatic heterocycles. The first kappa shape index (κ1) is 12.2. The minimum atomic E-state index is -0.474. The van der Waals surface area contributed by atoms with Crippen LogP contribution in [-0.4, -0.2) is 37.2 Å². The van der Waals surface area contributed by atoms with Crippen molar-refractivity contribution in [2.45, 2.75) is 6.10 Å². The molecule has 2 unspecified atom stereocenters. The van der Waals surface area contributed by atoms with Gasteiger partial charge in [-0.2, -0.15) is 0 Å². The fourth-order valence-electron chi connectivity index (χ4n) is 1.69. The van der Waals surface area contributed by atoms with Crippen LogP contribution < -0.4 is 5.73 Å². The Bertz CT molecular complexity index is 274. The van der Waals surface area contributed by atoms with Gasteiger partial charge in [0.1, 0.15) is 0 Å². The van der Waals surface area contributed by atoms with E-state index in [1.165, 1.54) is 0 Å². The second kappa shape index (κ2) is 5.85. The smallest absolute Gasteiger partial charge is 0.0842 e. The molecule has 0 radical (unpaired) electrons. The van der Waals surface area contributed by atoms with Crippen molar-refractivity contribution in [3.8, 4) is 0 Å². The van der Waals surface area contributed by atoms with Gasteiger partial charge in [-0.1, -0.05) is 30.3 Å². The molecule has 15 heavy (non-hydrogen) atoms. The summed E-state index contributed by atoms with van der Waals surface area (Å²) in [5, 5.41) is 10.1. The van der Waals surface area contributed by atoms with Gasteiger partial charge in [-0.3, -0.25) is 0 Å². The summed E-state index contributed by atoms with van der Waals surface area (Å²) in [4.78, 5) is 2.05. The van der Waals surface area contributed by atoms with Crippen LogP contribution in [0.3, 0.4) is 0 Å². The average Bonchev–Trinajstić information content (AvgIpc) is 2.26. The van der Waals surface area contributed by atoms with Crippen LogP contribution in [0.25, 0.3) is 0 Å². The van der Waals surface area contributed by atoms with Crippen molar-refractivity contribution < 1.29 is 5.11 Å². The van der Waals surface area contributed by atoms with E-state index in [-0.39, 0.29) is 5.92 Å². The van der Waals surface area contributed by atoms with E-state index in [4.69, 9.17) is 5.73 Å². The van der Waals surface area contributed by atoms with Gasteiger partial charge in [0.15, 0.2) is 0 Å². The van der Waals surface area contributed by atoms with Crippen LogP contribution in [0.2, 0.25) is 0 Å². The molecule has 0 fully saturated rings. The van der Waals surface area contributed by atoms with Gasteiger partial charge in [-0.15, -0.1) is 0 Å². The van der Waals surface area contributed by atoms with Crippen LogP contribution in [0.4, 0.5) is 0 Å². The van der Waals surface area contributed by atoms with Crippen molar-refractivity contribution in [3.05, 3.63) is 35.9 Å². The number of aliphatic hydroxyl groups excluding tert-OH is 1. The predicted molar refractivity (Wildman–Crippen MR) is 62.5 cm³/mol. The Hall–Kier alpha value is -0.900. The fourth-order valence-corrected chi connectivity index (χ4v) is 1.69. The Morgan fingerprint density at radius 2 is 1.87 bits per heavy atom. The third kappa shape index (κ3) is 3.63. The summed E-state index contributed by atoms with van der Waals surface area (Å²) < 4.78 is 0. The predicted octanol–water partition coefficient (Wildman–Crippen LogP) is 0.857. The van der Waals surface area contributed by atoms with E-state index in [2.05, 4.69) is 0 Å². The highest BCUT2D eigenvalue weighted by molar-refractivity contribution is 5.18. The minimum Gasteiger partial charge on any atom is -0.388 e. The molecule has 3 heteroatoms. The molecule has 0 aliphatic heterocycles. The van der Waals surface area contributed by atoms with Crippen LogP contribution in [-0.2, 0) is 0 Å². The molecule has 3 N–H and O–H groups in total. The molecule has 2 atom stereocenters. The number of benzene rings is 1. The van der Waals surface area contributed by atoms with Crippen LogP contribution in [0.15, 0.2) is 30.3 Å². The summed E-state index contributed by atoms with van der Waals surface area (Å²) in [6.45, 7) is 1.29. The van der Waals surface area contributed by atoms with Crippen LogP contribution in [0, 0.1) is 5.92 Å². The number of nitrogens with two attached hydrogens (primary N) is 1. The molecule has 3 nitrogen and oxygen atoms in total. The van der Waals surface area contributed by atoms with E-state index in [0.29, 0.717) is 6.54 Å². The quantitative estimate of drug-likeness (QED) is 0.754. The molecule has 0 bridgehead atoms. The number of nitrogens with zero attached hydrogens (tertiary/aromatic N) is 1. The van der Waals surface area contributed by atoms with Gasteiger partial charge in [0.05, 0.1) is 6.10 Å². The summed E-state index contributed by atoms with van der Waals surface area (Å²) in [5.74, 6) is 0.0856. The Morgan fingerprint density at radius 1 is 1.27 bits per heavy atom. The zero-order chi connectivity index (χ0) is 11.3. The highest BCUT2D eigenvalue weighted by atomic mass is 16.3. The monoisotopic (exact) mass is 208 g/mol. The Balaban J connectivity index is 2.69. The standard InChI is InChI=1S/C12H20N2O/c1-14(2)9-11(8-13)12(15)10-6-4-3-5-7-10/h3-7,11-12,15H,8-9,13H2,1-2H3. The van der Waals surface area contributed by atoms with Gasteiger partial charge in [0, 0.05) is 12.5 Å². The molecule has 1 aromatic rings. The summed E-state index contributed by atoms with van der Waals surface area (Å²) >= 11 is 0. The Kier molecular flexibility index (Phi) is 4.75. The van der Waals surface area contributed by atoms with Crippen molar-refractivity contribution in [2.24, 2.45) is 11.7 Å². The topological polar surface area (TPSA) is 49.5 Å². The van der Waals surface area contributed by atoms with Crippen LogP contribution in [0.1, 0.15) is 11.7 Å². The van der Waals surface area contributed by atoms with Crippen molar-refractivity contribution in [3.63, 3.8) is 0 Å². The first-order valence-corrected chi connectivity index (χ1v) is 5.23. The maximum absolute atomic E-state index is 10.1. The van der Waals surface area contributed by atoms with Gasteiger partial charge in [-0.25, -0.2) is 0 Å². The van der Waals surface area contributed by atoms with E-state index < -0.39 is 6.10 Å². The molecule has 0 saturated carbocycles. The normalized spacial score (nSPS) is 15.3. The summed E-state index contributed by atoms with van der Waals surface area (Å²) in [6, 6.07) is 9.68. The summed E-state index contributed by atoms with van der Waals surface area (Å²) in [6.07, 6.45) is -0.474. The van der Waals surface area contributed by atoms with Gasteiger partial charge in [0.2, 0.25) is 0 Å². The van der Waals surface area contributed by atoms with E-state index in [1.54, 1.807) is 0 Å². The lowest BCUT2D eigenvalue weighted by Crippen LogP contribution is -2.32.